The lowest BCUT2D eigenvalue weighted by atomic mass is 9.84. The predicted octanol–water partition coefficient (Wildman–Crippen LogP) is 11.6. The van der Waals surface area contributed by atoms with Crippen molar-refractivity contribution < 1.29 is 0 Å². The molecule has 0 fully saturated rings. The molecule has 4 aliphatic carbocycles. The Hall–Kier alpha value is -4.44. The largest absolute Gasteiger partial charge is 0.284 e. The maximum absolute atomic E-state index is 5.58. The van der Waals surface area contributed by atoms with E-state index in [1.54, 1.807) is 0 Å². The highest BCUT2D eigenvalue weighted by atomic mass is 32.2. The Morgan fingerprint density at radius 2 is 1.57 bits per heavy atom. The zero-order valence-corrected chi connectivity index (χ0v) is 28.7. The molecule has 0 radical (unpaired) electrons. The van der Waals surface area contributed by atoms with Crippen molar-refractivity contribution in [2.75, 3.05) is 0 Å². The summed E-state index contributed by atoms with van der Waals surface area (Å²) < 4.78 is 0. The van der Waals surface area contributed by atoms with Gasteiger partial charge in [-0.3, -0.25) is 10.3 Å². The van der Waals surface area contributed by atoms with Gasteiger partial charge in [0.15, 0.2) is 0 Å². The molecular formula is C46H42N2S. The highest BCUT2D eigenvalue weighted by Gasteiger charge is 2.42. The topological polar surface area (TPSA) is 24.4 Å². The summed E-state index contributed by atoms with van der Waals surface area (Å²) >= 11 is 1.99. The van der Waals surface area contributed by atoms with Crippen molar-refractivity contribution in [1.29, 1.82) is 0 Å². The van der Waals surface area contributed by atoms with Gasteiger partial charge >= 0.3 is 0 Å². The third kappa shape index (κ3) is 6.16. The number of nitrogens with zero attached hydrogens (tertiary/aromatic N) is 1. The van der Waals surface area contributed by atoms with E-state index < -0.39 is 0 Å². The fraction of sp³-hybridized carbons (Fsp3) is 0.239. The highest BCUT2D eigenvalue weighted by Crippen LogP contribution is 2.49. The average molecular weight is 655 g/mol. The van der Waals surface area contributed by atoms with E-state index >= 15 is 0 Å². The number of benzene rings is 3. The second kappa shape index (κ2) is 13.5. The Morgan fingerprint density at radius 3 is 2.41 bits per heavy atom. The van der Waals surface area contributed by atoms with E-state index in [1.165, 1.54) is 66.3 Å². The fourth-order valence-electron chi connectivity index (χ4n) is 8.23. The predicted molar refractivity (Wildman–Crippen MR) is 208 cm³/mol. The van der Waals surface area contributed by atoms with Gasteiger partial charge in [0.1, 0.15) is 6.17 Å². The van der Waals surface area contributed by atoms with Crippen molar-refractivity contribution >= 4 is 23.0 Å². The van der Waals surface area contributed by atoms with Crippen LogP contribution in [-0.4, -0.2) is 17.1 Å². The average Bonchev–Trinajstić information content (AvgIpc) is 3.57. The number of fused-ring (bicyclic) bond motifs is 3. The van der Waals surface area contributed by atoms with Crippen LogP contribution < -0.4 is 5.32 Å². The van der Waals surface area contributed by atoms with Gasteiger partial charge in [-0.25, -0.2) is 0 Å². The smallest absolute Gasteiger partial charge is 0.122 e. The molecule has 0 bridgehead atoms. The van der Waals surface area contributed by atoms with E-state index in [-0.39, 0.29) is 12.2 Å². The van der Waals surface area contributed by atoms with Gasteiger partial charge in [-0.05, 0) is 107 Å². The Morgan fingerprint density at radius 1 is 0.694 bits per heavy atom. The number of allylic oxidation sites excluding steroid dienone is 15. The summed E-state index contributed by atoms with van der Waals surface area (Å²) in [5.41, 5.74) is 15.0. The first-order valence-corrected chi connectivity index (χ1v) is 18.9. The van der Waals surface area contributed by atoms with E-state index in [2.05, 4.69) is 145 Å². The third-order valence-electron chi connectivity index (χ3n) is 10.9. The van der Waals surface area contributed by atoms with Crippen molar-refractivity contribution in [3.63, 3.8) is 0 Å². The zero-order chi connectivity index (χ0) is 32.6. The Kier molecular flexibility index (Phi) is 8.41. The van der Waals surface area contributed by atoms with Gasteiger partial charge in [0.2, 0.25) is 0 Å². The van der Waals surface area contributed by atoms with Crippen molar-refractivity contribution in [2.45, 2.75) is 73.2 Å². The summed E-state index contributed by atoms with van der Waals surface area (Å²) in [4.78, 5) is 6.97. The normalized spacial score (nSPS) is 25.7. The molecule has 4 atom stereocenters. The molecule has 242 valence electrons. The number of rotatable bonds is 6. The van der Waals surface area contributed by atoms with Crippen LogP contribution in [-0.2, 0) is 0 Å². The van der Waals surface area contributed by atoms with Crippen molar-refractivity contribution in [1.82, 2.24) is 5.32 Å². The van der Waals surface area contributed by atoms with Gasteiger partial charge in [-0.1, -0.05) is 134 Å². The van der Waals surface area contributed by atoms with Crippen LogP contribution in [0.1, 0.15) is 73.6 Å². The minimum absolute atomic E-state index is 0.0367. The maximum atomic E-state index is 5.58. The molecule has 3 aromatic rings. The molecule has 4 unspecified atom stereocenters. The third-order valence-corrected chi connectivity index (χ3v) is 12.3. The molecular weight excluding hydrogens is 613 g/mol. The molecule has 0 spiro atoms. The Balaban J connectivity index is 0.983. The molecule has 0 amide bonds. The van der Waals surface area contributed by atoms with Crippen molar-refractivity contribution in [3.05, 3.63) is 179 Å². The van der Waals surface area contributed by atoms with Gasteiger partial charge in [0, 0.05) is 10.8 Å². The molecule has 1 N–H and O–H groups in total. The van der Waals surface area contributed by atoms with Crippen LogP contribution in [0, 0.1) is 0 Å². The summed E-state index contributed by atoms with van der Waals surface area (Å²) in [6.07, 6.45) is 33.0. The van der Waals surface area contributed by atoms with Crippen LogP contribution in [0.4, 0.5) is 0 Å². The summed E-state index contributed by atoms with van der Waals surface area (Å²) in [5.74, 6) is 0.318. The molecule has 9 rings (SSSR count). The van der Waals surface area contributed by atoms with E-state index in [9.17, 15) is 0 Å². The molecule has 49 heavy (non-hydrogen) atoms. The number of hydrogen-bond acceptors (Lipinski definition) is 3. The monoisotopic (exact) mass is 654 g/mol. The molecule has 0 saturated carbocycles. The molecule has 2 heterocycles. The van der Waals surface area contributed by atoms with E-state index in [0.29, 0.717) is 11.2 Å². The SMILES string of the molecule is C1=CCCC(c2ccc(-c3cccc(C4C=CC=C(C5N=C(C6=CC=C(C7=CCCC=C7)CC6)C6Sc7ccccc7C6N5)C4)c3)cc2)=C1. The first-order valence-electron chi connectivity index (χ1n) is 18.1. The number of aliphatic imine (C=N–C) groups is 1. The van der Waals surface area contributed by atoms with Crippen molar-refractivity contribution in [3.8, 4) is 11.1 Å². The second-order valence-electron chi connectivity index (χ2n) is 14.0. The zero-order valence-electron chi connectivity index (χ0n) is 27.9. The van der Waals surface area contributed by atoms with Crippen LogP contribution >= 0.6 is 11.8 Å². The van der Waals surface area contributed by atoms with Gasteiger partial charge in [-0.15, -0.1) is 11.8 Å². The molecule has 0 aromatic heterocycles. The highest BCUT2D eigenvalue weighted by molar-refractivity contribution is 8.01. The molecule has 6 aliphatic rings. The lowest BCUT2D eigenvalue weighted by Crippen LogP contribution is -2.45. The standard InChI is InChI=1S/C46H42N2S/c1-3-11-31(12-4-1)33-21-23-35(24-22-33)37-15-9-16-38(29-37)39-17-10-18-40(30-39)46-47-43(45-44(48-46)41-19-7-8-20-42(41)49-45)36-27-25-34(26-28-36)32-13-5-2-6-14-32/h1,3,5,7-11,13-25,27,29,39,44-46,48H,2,4,6,12,26,28,30H2. The molecule has 2 nitrogen and oxygen atoms in total. The van der Waals surface area contributed by atoms with Crippen LogP contribution in [0.25, 0.3) is 16.7 Å². The van der Waals surface area contributed by atoms with Gasteiger partial charge < -0.3 is 0 Å². The molecule has 3 aromatic carbocycles. The first kappa shape index (κ1) is 30.6. The van der Waals surface area contributed by atoms with Gasteiger partial charge in [-0.2, -0.15) is 0 Å². The summed E-state index contributed by atoms with van der Waals surface area (Å²) in [6, 6.07) is 27.5. The van der Waals surface area contributed by atoms with E-state index in [0.717, 1.165) is 44.9 Å². The maximum Gasteiger partial charge on any atom is 0.122 e. The van der Waals surface area contributed by atoms with Crippen LogP contribution in [0.5, 0.6) is 0 Å². The number of nitrogens with one attached hydrogen (secondary N) is 1. The second-order valence-corrected chi connectivity index (χ2v) is 15.1. The van der Waals surface area contributed by atoms with Crippen LogP contribution in [0.15, 0.2) is 172 Å². The summed E-state index contributed by atoms with van der Waals surface area (Å²) in [7, 11) is 0. The molecule has 2 aliphatic heterocycles. The lowest BCUT2D eigenvalue weighted by molar-refractivity contribution is 0.463. The number of hydrogen-bond donors (Lipinski definition) is 1. The summed E-state index contributed by atoms with van der Waals surface area (Å²) in [6.45, 7) is 0. The van der Waals surface area contributed by atoms with Crippen molar-refractivity contribution in [2.24, 2.45) is 4.99 Å². The minimum Gasteiger partial charge on any atom is -0.284 e. The molecule has 3 heteroatoms. The van der Waals surface area contributed by atoms with E-state index in [4.69, 9.17) is 4.99 Å². The van der Waals surface area contributed by atoms with E-state index in [1.807, 2.05) is 11.8 Å². The Bertz CT molecular complexity index is 2060. The van der Waals surface area contributed by atoms with Gasteiger partial charge in [0.05, 0.1) is 17.0 Å². The van der Waals surface area contributed by atoms with Crippen LogP contribution in [0.2, 0.25) is 0 Å². The fourth-order valence-corrected chi connectivity index (χ4v) is 9.67. The minimum atomic E-state index is -0.0367. The van der Waals surface area contributed by atoms with Crippen LogP contribution in [0.3, 0.4) is 0 Å². The Labute approximate surface area is 295 Å². The molecule has 0 saturated heterocycles. The number of thioether (sulfide) groups is 1. The quantitative estimate of drug-likeness (QED) is 0.286. The lowest BCUT2D eigenvalue weighted by Gasteiger charge is -2.36. The summed E-state index contributed by atoms with van der Waals surface area (Å²) in [5, 5.41) is 4.33. The van der Waals surface area contributed by atoms with Gasteiger partial charge in [0.25, 0.3) is 0 Å². The first-order chi connectivity index (χ1) is 24.3.